The summed E-state index contributed by atoms with van der Waals surface area (Å²) >= 11 is 0. The number of nitrogens with one attached hydrogen (secondary N) is 1. The number of carbonyl (C=O) groups is 1. The van der Waals surface area contributed by atoms with E-state index < -0.39 is 5.97 Å². The van der Waals surface area contributed by atoms with Crippen LogP contribution < -0.4 is 5.32 Å². The molecule has 1 fully saturated rings. The molecule has 2 N–H and O–H groups in total. The molecule has 0 spiro atoms. The van der Waals surface area contributed by atoms with Gasteiger partial charge >= 0.3 is 5.97 Å². The van der Waals surface area contributed by atoms with Crippen LogP contribution in [0, 0.1) is 11.8 Å². The second-order valence-electron chi connectivity index (χ2n) is 2.50. The zero-order valence-electron chi connectivity index (χ0n) is 5.42. The van der Waals surface area contributed by atoms with Crippen molar-refractivity contribution in [1.82, 2.24) is 5.32 Å². The molecule has 0 amide bonds. The summed E-state index contributed by atoms with van der Waals surface area (Å²) in [7, 11) is 1.84. The van der Waals surface area contributed by atoms with Gasteiger partial charge in [-0.15, -0.1) is 0 Å². The van der Waals surface area contributed by atoms with Crippen LogP contribution >= 0.6 is 0 Å². The fraction of sp³-hybridized carbons (Fsp3) is 0.833. The Balaban J connectivity index is 2.17. The molecule has 0 aromatic heterocycles. The molecule has 3 nitrogen and oxygen atoms in total. The van der Waals surface area contributed by atoms with Crippen molar-refractivity contribution in [2.45, 2.75) is 6.42 Å². The molecule has 0 aliphatic heterocycles. The second-order valence-corrected chi connectivity index (χ2v) is 2.50. The Labute approximate surface area is 54.1 Å². The van der Waals surface area contributed by atoms with Crippen molar-refractivity contribution < 1.29 is 9.90 Å². The summed E-state index contributed by atoms with van der Waals surface area (Å²) in [6.45, 7) is 0.844. The van der Waals surface area contributed by atoms with Gasteiger partial charge in [0.1, 0.15) is 0 Å². The van der Waals surface area contributed by atoms with Gasteiger partial charge in [-0.1, -0.05) is 0 Å². The maximum absolute atomic E-state index is 10.2. The molecule has 1 aliphatic rings. The van der Waals surface area contributed by atoms with E-state index in [0.717, 1.165) is 13.0 Å². The van der Waals surface area contributed by atoms with E-state index in [1.165, 1.54) is 0 Å². The number of aliphatic carboxylic acids is 1. The molecule has 0 aromatic carbocycles. The fourth-order valence-corrected chi connectivity index (χ4v) is 1.04. The number of rotatable bonds is 3. The third-order valence-electron chi connectivity index (χ3n) is 1.71. The molecular formula is C6H11NO2. The van der Waals surface area contributed by atoms with Gasteiger partial charge in [0.25, 0.3) is 0 Å². The molecule has 0 saturated heterocycles. The van der Waals surface area contributed by atoms with Crippen molar-refractivity contribution in [3.8, 4) is 0 Å². The maximum atomic E-state index is 10.2. The van der Waals surface area contributed by atoms with Crippen LogP contribution in [0.3, 0.4) is 0 Å². The first-order valence-corrected chi connectivity index (χ1v) is 3.13. The van der Waals surface area contributed by atoms with Crippen LogP contribution in [0.15, 0.2) is 0 Å². The zero-order valence-corrected chi connectivity index (χ0v) is 5.42. The Morgan fingerprint density at radius 3 is 2.89 bits per heavy atom. The molecule has 0 radical (unpaired) electrons. The van der Waals surface area contributed by atoms with Crippen molar-refractivity contribution in [3.63, 3.8) is 0 Å². The van der Waals surface area contributed by atoms with Crippen LogP contribution in [0.4, 0.5) is 0 Å². The first-order valence-electron chi connectivity index (χ1n) is 3.13. The summed E-state index contributed by atoms with van der Waals surface area (Å²) in [4.78, 5) is 10.2. The van der Waals surface area contributed by atoms with Crippen LogP contribution in [0.25, 0.3) is 0 Å². The van der Waals surface area contributed by atoms with Crippen LogP contribution in [0.5, 0.6) is 0 Å². The molecule has 2 unspecified atom stereocenters. The van der Waals surface area contributed by atoms with E-state index in [9.17, 15) is 4.79 Å². The predicted molar refractivity (Wildman–Crippen MR) is 33.2 cm³/mol. The van der Waals surface area contributed by atoms with Crippen molar-refractivity contribution in [2.24, 2.45) is 11.8 Å². The van der Waals surface area contributed by atoms with E-state index in [4.69, 9.17) is 5.11 Å². The van der Waals surface area contributed by atoms with Gasteiger partial charge in [-0.2, -0.15) is 0 Å². The highest BCUT2D eigenvalue weighted by atomic mass is 16.4. The number of hydrogen-bond acceptors (Lipinski definition) is 2. The number of hydrogen-bond donors (Lipinski definition) is 2. The average Bonchev–Trinajstić information content (AvgIpc) is 2.47. The Morgan fingerprint density at radius 1 is 1.89 bits per heavy atom. The van der Waals surface area contributed by atoms with E-state index in [2.05, 4.69) is 5.32 Å². The highest BCUT2D eigenvalue weighted by molar-refractivity contribution is 5.73. The normalized spacial score (nSPS) is 32.1. The highest BCUT2D eigenvalue weighted by Crippen LogP contribution is 2.37. The zero-order chi connectivity index (χ0) is 6.85. The van der Waals surface area contributed by atoms with Crippen LogP contribution in [-0.2, 0) is 4.79 Å². The van der Waals surface area contributed by atoms with E-state index in [1.807, 2.05) is 7.05 Å². The predicted octanol–water partition coefficient (Wildman–Crippen LogP) is -0.0735. The highest BCUT2D eigenvalue weighted by Gasteiger charge is 2.42. The van der Waals surface area contributed by atoms with E-state index in [0.29, 0.717) is 5.92 Å². The van der Waals surface area contributed by atoms with Gasteiger partial charge in [-0.05, 0) is 25.9 Å². The molecule has 3 heteroatoms. The lowest BCUT2D eigenvalue weighted by molar-refractivity contribution is -0.138. The monoisotopic (exact) mass is 129 g/mol. The van der Waals surface area contributed by atoms with E-state index in [-0.39, 0.29) is 5.92 Å². The van der Waals surface area contributed by atoms with E-state index in [1.54, 1.807) is 0 Å². The smallest absolute Gasteiger partial charge is 0.306 e. The fourth-order valence-electron chi connectivity index (χ4n) is 1.04. The van der Waals surface area contributed by atoms with Gasteiger partial charge in [-0.3, -0.25) is 4.79 Å². The molecular weight excluding hydrogens is 118 g/mol. The van der Waals surface area contributed by atoms with Crippen LogP contribution in [-0.4, -0.2) is 24.7 Å². The van der Waals surface area contributed by atoms with Crippen LogP contribution in [0.2, 0.25) is 0 Å². The van der Waals surface area contributed by atoms with Gasteiger partial charge in [0.15, 0.2) is 0 Å². The molecule has 2 atom stereocenters. The summed E-state index contributed by atoms with van der Waals surface area (Å²) < 4.78 is 0. The molecule has 0 heterocycles. The van der Waals surface area contributed by atoms with Gasteiger partial charge in [0.05, 0.1) is 5.92 Å². The minimum Gasteiger partial charge on any atom is -0.481 e. The van der Waals surface area contributed by atoms with Crippen molar-refractivity contribution >= 4 is 5.97 Å². The standard InChI is InChI=1S/C6H11NO2/c1-7-3-4-2-5(4)6(8)9/h4-5,7H,2-3H2,1H3,(H,8,9). The Hall–Kier alpha value is -0.570. The Kier molecular flexibility index (Phi) is 1.71. The minimum atomic E-state index is -0.643. The van der Waals surface area contributed by atoms with Gasteiger partial charge < -0.3 is 10.4 Å². The lowest BCUT2D eigenvalue weighted by Gasteiger charge is -1.91. The Morgan fingerprint density at radius 2 is 2.56 bits per heavy atom. The molecule has 0 aromatic rings. The van der Waals surface area contributed by atoms with Gasteiger partial charge in [-0.25, -0.2) is 0 Å². The SMILES string of the molecule is CNCC1CC1C(=O)O. The lowest BCUT2D eigenvalue weighted by Crippen LogP contribution is -2.12. The largest absolute Gasteiger partial charge is 0.481 e. The molecule has 1 aliphatic carbocycles. The third kappa shape index (κ3) is 1.42. The second kappa shape index (κ2) is 2.35. The summed E-state index contributed by atoms with van der Waals surface area (Å²) in [6.07, 6.45) is 0.857. The quantitative estimate of drug-likeness (QED) is 0.560. The molecule has 9 heavy (non-hydrogen) atoms. The van der Waals surface area contributed by atoms with Crippen LogP contribution in [0.1, 0.15) is 6.42 Å². The maximum Gasteiger partial charge on any atom is 0.306 e. The topological polar surface area (TPSA) is 49.3 Å². The van der Waals surface area contributed by atoms with Crippen molar-refractivity contribution in [2.75, 3.05) is 13.6 Å². The van der Waals surface area contributed by atoms with Crippen molar-refractivity contribution in [1.29, 1.82) is 0 Å². The molecule has 52 valence electrons. The number of carboxylic acid groups (broad SMARTS) is 1. The average molecular weight is 129 g/mol. The molecule has 1 rings (SSSR count). The first-order chi connectivity index (χ1) is 4.25. The van der Waals surface area contributed by atoms with Gasteiger partial charge in [0, 0.05) is 0 Å². The first kappa shape index (κ1) is 6.55. The summed E-state index contributed by atoms with van der Waals surface area (Å²) in [5.41, 5.74) is 0. The minimum absolute atomic E-state index is 0.0579. The lowest BCUT2D eigenvalue weighted by atomic mass is 10.3. The molecule has 0 bridgehead atoms. The summed E-state index contributed by atoms with van der Waals surface area (Å²) in [5.74, 6) is -0.305. The van der Waals surface area contributed by atoms with Gasteiger partial charge in [0.2, 0.25) is 0 Å². The summed E-state index contributed by atoms with van der Waals surface area (Å²) in [5, 5.41) is 11.4. The number of carboxylic acids is 1. The summed E-state index contributed by atoms with van der Waals surface area (Å²) in [6, 6.07) is 0. The Bertz CT molecular complexity index is 124. The third-order valence-corrected chi connectivity index (χ3v) is 1.71. The van der Waals surface area contributed by atoms with E-state index >= 15 is 0 Å². The molecule has 1 saturated carbocycles. The van der Waals surface area contributed by atoms with Crippen molar-refractivity contribution in [3.05, 3.63) is 0 Å².